The van der Waals surface area contributed by atoms with E-state index in [1.54, 1.807) is 28.0 Å². The molecule has 0 N–H and O–H groups in total. The Hall–Kier alpha value is -4.36. The molecule has 0 atom stereocenters. The Morgan fingerprint density at radius 1 is 0.750 bits per heavy atom. The number of carbonyl (C=O) groups is 3. The summed E-state index contributed by atoms with van der Waals surface area (Å²) in [7, 11) is 0. The van der Waals surface area contributed by atoms with E-state index in [1.807, 2.05) is 91.0 Å². The van der Waals surface area contributed by atoms with Crippen LogP contribution in [0.4, 0.5) is 5.69 Å². The number of hydrogen-bond donors (Lipinski definition) is 0. The van der Waals surface area contributed by atoms with E-state index >= 15 is 0 Å². The SMILES string of the molecule is O=C(OCC(=O)N(Cc1ccccc1)Cc1ccccc1)c1ccccc1SCC(=O)N1CCc2ccccc21. The second-order valence-electron chi connectivity index (χ2n) is 9.51. The molecule has 0 fully saturated rings. The smallest absolute Gasteiger partial charge is 0.339 e. The van der Waals surface area contributed by atoms with Crippen molar-refractivity contribution in [2.45, 2.75) is 24.4 Å². The van der Waals surface area contributed by atoms with Crippen molar-refractivity contribution in [1.82, 2.24) is 4.90 Å². The first-order chi connectivity index (χ1) is 19.6. The first-order valence-corrected chi connectivity index (χ1v) is 14.2. The number of benzene rings is 4. The number of rotatable bonds is 10. The Balaban J connectivity index is 1.21. The van der Waals surface area contributed by atoms with E-state index in [2.05, 4.69) is 0 Å². The van der Waals surface area contributed by atoms with E-state index in [0.717, 1.165) is 23.2 Å². The number of hydrogen-bond acceptors (Lipinski definition) is 5. The molecule has 0 bridgehead atoms. The minimum atomic E-state index is -0.588. The zero-order chi connectivity index (χ0) is 27.7. The minimum absolute atomic E-state index is 0.00855. The van der Waals surface area contributed by atoms with Gasteiger partial charge in [-0.05, 0) is 41.3 Å². The van der Waals surface area contributed by atoms with Crippen LogP contribution in [-0.4, -0.2) is 41.6 Å². The molecule has 0 aliphatic carbocycles. The van der Waals surface area contributed by atoms with Crippen LogP contribution in [0.5, 0.6) is 0 Å². The summed E-state index contributed by atoms with van der Waals surface area (Å²) in [6, 6.07) is 34.4. The van der Waals surface area contributed by atoms with Gasteiger partial charge in [-0.15, -0.1) is 11.8 Å². The first kappa shape index (κ1) is 27.2. The van der Waals surface area contributed by atoms with Gasteiger partial charge in [0.2, 0.25) is 5.91 Å². The molecule has 202 valence electrons. The van der Waals surface area contributed by atoms with E-state index in [4.69, 9.17) is 4.74 Å². The van der Waals surface area contributed by atoms with Gasteiger partial charge in [0, 0.05) is 30.2 Å². The van der Waals surface area contributed by atoms with Gasteiger partial charge in [-0.2, -0.15) is 0 Å². The van der Waals surface area contributed by atoms with E-state index in [9.17, 15) is 14.4 Å². The molecule has 1 aliphatic rings. The lowest BCUT2D eigenvalue weighted by molar-refractivity contribution is -0.135. The third-order valence-electron chi connectivity index (χ3n) is 6.76. The number of ether oxygens (including phenoxy) is 1. The van der Waals surface area contributed by atoms with Crippen LogP contribution in [0.2, 0.25) is 0 Å². The van der Waals surface area contributed by atoms with Crippen molar-refractivity contribution < 1.29 is 19.1 Å². The van der Waals surface area contributed by atoms with E-state index in [0.29, 0.717) is 30.1 Å². The maximum Gasteiger partial charge on any atom is 0.339 e. The summed E-state index contributed by atoms with van der Waals surface area (Å²) in [6.07, 6.45) is 0.842. The van der Waals surface area contributed by atoms with Gasteiger partial charge in [0.05, 0.1) is 11.3 Å². The van der Waals surface area contributed by atoms with Crippen molar-refractivity contribution in [3.8, 4) is 0 Å². The normalized spacial score (nSPS) is 12.1. The highest BCUT2D eigenvalue weighted by Gasteiger charge is 2.25. The Labute approximate surface area is 238 Å². The minimum Gasteiger partial charge on any atom is -0.452 e. The van der Waals surface area contributed by atoms with Crippen LogP contribution in [0, 0.1) is 0 Å². The predicted octanol–water partition coefficient (Wildman–Crippen LogP) is 5.75. The lowest BCUT2D eigenvalue weighted by atomic mass is 10.1. The molecule has 0 spiro atoms. The van der Waals surface area contributed by atoms with E-state index < -0.39 is 5.97 Å². The van der Waals surface area contributed by atoms with Crippen molar-refractivity contribution in [3.63, 3.8) is 0 Å². The molecule has 4 aromatic carbocycles. The van der Waals surface area contributed by atoms with Gasteiger partial charge in [0.25, 0.3) is 5.91 Å². The van der Waals surface area contributed by atoms with Crippen LogP contribution in [0.15, 0.2) is 114 Å². The van der Waals surface area contributed by atoms with Crippen molar-refractivity contribution in [3.05, 3.63) is 131 Å². The fraction of sp³-hybridized carbons (Fsp3) is 0.182. The van der Waals surface area contributed by atoms with Crippen molar-refractivity contribution in [2.24, 2.45) is 0 Å². The van der Waals surface area contributed by atoms with Crippen LogP contribution in [0.25, 0.3) is 0 Å². The van der Waals surface area contributed by atoms with Gasteiger partial charge in [0.1, 0.15) is 0 Å². The number of para-hydroxylation sites is 1. The Kier molecular flexibility index (Phi) is 8.93. The predicted molar refractivity (Wildman–Crippen MR) is 157 cm³/mol. The fourth-order valence-corrected chi connectivity index (χ4v) is 5.63. The van der Waals surface area contributed by atoms with Gasteiger partial charge in [-0.1, -0.05) is 91.0 Å². The molecule has 0 saturated carbocycles. The fourth-order valence-electron chi connectivity index (χ4n) is 4.71. The number of esters is 1. The molecule has 0 aromatic heterocycles. The van der Waals surface area contributed by atoms with Crippen molar-refractivity contribution >= 4 is 35.2 Å². The molecular formula is C33H30N2O4S. The maximum absolute atomic E-state index is 13.2. The standard InChI is InChI=1S/C33H30N2O4S/c36-31(34(21-25-11-3-1-4-12-25)22-26-13-5-2-6-14-26)23-39-33(38)28-16-8-10-18-30(28)40-24-32(37)35-20-19-27-15-7-9-17-29(27)35/h1-18H,19-24H2. The molecule has 4 aromatic rings. The molecular weight excluding hydrogens is 520 g/mol. The van der Waals surface area contributed by atoms with Crippen LogP contribution < -0.4 is 4.90 Å². The average molecular weight is 551 g/mol. The summed E-state index contributed by atoms with van der Waals surface area (Å²) in [4.78, 5) is 43.4. The summed E-state index contributed by atoms with van der Waals surface area (Å²) in [5.41, 5.74) is 4.45. The topological polar surface area (TPSA) is 66.9 Å². The zero-order valence-corrected chi connectivity index (χ0v) is 22.9. The summed E-state index contributed by atoms with van der Waals surface area (Å²) in [5.74, 6) is -0.686. The van der Waals surface area contributed by atoms with Gasteiger partial charge in [0.15, 0.2) is 6.61 Å². The number of fused-ring (bicyclic) bond motifs is 1. The van der Waals surface area contributed by atoms with Crippen LogP contribution in [0.1, 0.15) is 27.0 Å². The van der Waals surface area contributed by atoms with Crippen LogP contribution >= 0.6 is 11.8 Å². The van der Waals surface area contributed by atoms with Crippen molar-refractivity contribution in [2.75, 3.05) is 23.8 Å². The Morgan fingerprint density at radius 3 is 2.05 bits per heavy atom. The third-order valence-corrected chi connectivity index (χ3v) is 7.82. The first-order valence-electron chi connectivity index (χ1n) is 13.2. The molecule has 1 heterocycles. The number of nitrogens with zero attached hydrogens (tertiary/aromatic N) is 2. The second-order valence-corrected chi connectivity index (χ2v) is 10.5. The summed E-state index contributed by atoms with van der Waals surface area (Å²) in [5, 5.41) is 0. The highest BCUT2D eigenvalue weighted by atomic mass is 32.2. The highest BCUT2D eigenvalue weighted by Crippen LogP contribution is 2.30. The number of anilines is 1. The van der Waals surface area contributed by atoms with Gasteiger partial charge in [-0.25, -0.2) is 4.79 Å². The van der Waals surface area contributed by atoms with Crippen LogP contribution in [-0.2, 0) is 33.8 Å². The molecule has 40 heavy (non-hydrogen) atoms. The quantitative estimate of drug-likeness (QED) is 0.186. The number of carbonyl (C=O) groups excluding carboxylic acids is 3. The Bertz CT molecular complexity index is 1430. The second kappa shape index (κ2) is 13.1. The monoisotopic (exact) mass is 550 g/mol. The van der Waals surface area contributed by atoms with Crippen LogP contribution in [0.3, 0.4) is 0 Å². The molecule has 0 radical (unpaired) electrons. The average Bonchev–Trinajstić information content (AvgIpc) is 3.44. The molecule has 6 nitrogen and oxygen atoms in total. The maximum atomic E-state index is 13.2. The third kappa shape index (κ3) is 6.79. The van der Waals surface area contributed by atoms with Gasteiger partial charge < -0.3 is 14.5 Å². The summed E-state index contributed by atoms with van der Waals surface area (Å²) < 4.78 is 5.50. The lowest BCUT2D eigenvalue weighted by Crippen LogP contribution is -2.34. The van der Waals surface area contributed by atoms with E-state index in [1.165, 1.54) is 17.3 Å². The summed E-state index contributed by atoms with van der Waals surface area (Å²) >= 11 is 1.30. The lowest BCUT2D eigenvalue weighted by Gasteiger charge is -2.23. The molecule has 0 unspecified atom stereocenters. The number of amides is 2. The molecule has 7 heteroatoms. The summed E-state index contributed by atoms with van der Waals surface area (Å²) in [6.45, 7) is 1.09. The molecule has 2 amide bonds. The van der Waals surface area contributed by atoms with Gasteiger partial charge in [-0.3, -0.25) is 9.59 Å². The van der Waals surface area contributed by atoms with Crippen molar-refractivity contribution in [1.29, 1.82) is 0 Å². The molecule has 5 rings (SSSR count). The van der Waals surface area contributed by atoms with Gasteiger partial charge >= 0.3 is 5.97 Å². The van der Waals surface area contributed by atoms with E-state index in [-0.39, 0.29) is 24.2 Å². The number of thioether (sulfide) groups is 1. The highest BCUT2D eigenvalue weighted by molar-refractivity contribution is 8.00. The Morgan fingerprint density at radius 2 is 1.35 bits per heavy atom. The molecule has 1 aliphatic heterocycles. The largest absolute Gasteiger partial charge is 0.452 e. The zero-order valence-electron chi connectivity index (χ0n) is 22.1. The molecule has 0 saturated heterocycles.